The molecule has 8 nitrogen and oxygen atoms in total. The molecule has 0 aliphatic carbocycles. The first-order valence-electron chi connectivity index (χ1n) is 7.00. The summed E-state index contributed by atoms with van der Waals surface area (Å²) in [5.41, 5.74) is 0.394. The van der Waals surface area contributed by atoms with Crippen LogP contribution in [-0.4, -0.2) is 60.5 Å². The highest BCUT2D eigenvalue weighted by molar-refractivity contribution is 6.32. The maximum Gasteiger partial charge on any atom is 0.307 e. The number of hydrogen-bond donors (Lipinski definition) is 2. The first kappa shape index (κ1) is 17.2. The number of nitrogens with zero attached hydrogens (tertiary/aromatic N) is 2. The molecule has 23 heavy (non-hydrogen) atoms. The van der Waals surface area contributed by atoms with Crippen molar-refractivity contribution in [2.45, 2.75) is 12.5 Å². The summed E-state index contributed by atoms with van der Waals surface area (Å²) in [5.74, 6) is -1.15. The van der Waals surface area contributed by atoms with Crippen LogP contribution in [-0.2, 0) is 19.1 Å². The number of nitrogens with one attached hydrogen (secondary N) is 2. The molecule has 1 atom stereocenters. The molecule has 2 rings (SSSR count). The summed E-state index contributed by atoms with van der Waals surface area (Å²) in [4.78, 5) is 41.0. The quantitative estimate of drug-likeness (QED) is 0.579. The molecule has 0 radical (unpaired) electrons. The van der Waals surface area contributed by atoms with E-state index in [0.717, 1.165) is 0 Å². The Bertz CT molecular complexity index is 610. The van der Waals surface area contributed by atoms with Gasteiger partial charge in [0.25, 0.3) is 0 Å². The lowest BCUT2D eigenvalue weighted by molar-refractivity contribution is -0.146. The molecule has 9 heteroatoms. The van der Waals surface area contributed by atoms with Gasteiger partial charge in [-0.25, -0.2) is 4.98 Å². The number of anilines is 1. The van der Waals surface area contributed by atoms with E-state index >= 15 is 0 Å². The highest BCUT2D eigenvalue weighted by Crippen LogP contribution is 2.17. The highest BCUT2D eigenvalue weighted by Gasteiger charge is 2.33. The molecule has 1 saturated heterocycles. The van der Waals surface area contributed by atoms with Gasteiger partial charge in [-0.1, -0.05) is 11.6 Å². The third kappa shape index (κ3) is 4.64. The summed E-state index contributed by atoms with van der Waals surface area (Å²) in [5, 5.41) is 5.49. The molecule has 2 amide bonds. The van der Waals surface area contributed by atoms with Gasteiger partial charge in [-0.15, -0.1) is 0 Å². The predicted molar refractivity (Wildman–Crippen MR) is 82.9 cm³/mol. The first-order chi connectivity index (χ1) is 11.0. The Kier molecular flexibility index (Phi) is 5.89. The number of ether oxygens (including phenoxy) is 1. The van der Waals surface area contributed by atoms with Crippen LogP contribution in [0.15, 0.2) is 18.3 Å². The van der Waals surface area contributed by atoms with Gasteiger partial charge in [0.05, 0.1) is 25.8 Å². The Morgan fingerprint density at radius 2 is 2.35 bits per heavy atom. The van der Waals surface area contributed by atoms with Gasteiger partial charge in [-0.3, -0.25) is 19.3 Å². The van der Waals surface area contributed by atoms with Crippen molar-refractivity contribution in [2.24, 2.45) is 0 Å². The number of rotatable bonds is 5. The van der Waals surface area contributed by atoms with E-state index in [0.29, 0.717) is 18.8 Å². The number of amides is 2. The fourth-order valence-electron chi connectivity index (χ4n) is 2.27. The SMILES string of the molecule is COC(=O)C[C@@H]1C(=O)NCCN1CC(=O)Nc1cccnc1Cl. The highest BCUT2D eigenvalue weighted by atomic mass is 35.5. The smallest absolute Gasteiger partial charge is 0.307 e. The van der Waals surface area contributed by atoms with E-state index in [2.05, 4.69) is 20.4 Å². The van der Waals surface area contributed by atoms with Gasteiger partial charge in [0.1, 0.15) is 6.04 Å². The summed E-state index contributed by atoms with van der Waals surface area (Å²) in [6, 6.07) is 2.55. The molecular formula is C14H17ClN4O4. The predicted octanol–water partition coefficient (Wildman–Crippen LogP) is 0.0370. The van der Waals surface area contributed by atoms with Gasteiger partial charge >= 0.3 is 5.97 Å². The largest absolute Gasteiger partial charge is 0.469 e. The molecule has 0 unspecified atom stereocenters. The molecule has 0 saturated carbocycles. The van der Waals surface area contributed by atoms with E-state index < -0.39 is 12.0 Å². The van der Waals surface area contributed by atoms with Gasteiger partial charge < -0.3 is 15.4 Å². The van der Waals surface area contributed by atoms with Crippen molar-refractivity contribution in [3.63, 3.8) is 0 Å². The Morgan fingerprint density at radius 1 is 1.57 bits per heavy atom. The zero-order valence-electron chi connectivity index (χ0n) is 12.5. The molecule has 2 heterocycles. The number of aromatic nitrogens is 1. The van der Waals surface area contributed by atoms with Crippen molar-refractivity contribution in [1.82, 2.24) is 15.2 Å². The molecule has 1 fully saturated rings. The molecule has 1 aromatic heterocycles. The van der Waals surface area contributed by atoms with Gasteiger partial charge in [0.15, 0.2) is 5.15 Å². The number of pyridine rings is 1. The maximum atomic E-state index is 12.2. The maximum absolute atomic E-state index is 12.2. The Balaban J connectivity index is 2.01. The summed E-state index contributed by atoms with van der Waals surface area (Å²) >= 11 is 5.89. The van der Waals surface area contributed by atoms with Crippen molar-refractivity contribution in [3.05, 3.63) is 23.5 Å². The molecule has 1 aliphatic rings. The van der Waals surface area contributed by atoms with E-state index in [1.165, 1.54) is 13.3 Å². The van der Waals surface area contributed by atoms with Crippen LogP contribution in [0, 0.1) is 0 Å². The fourth-order valence-corrected chi connectivity index (χ4v) is 2.43. The number of carbonyl (C=O) groups is 3. The summed E-state index contributed by atoms with van der Waals surface area (Å²) in [6.45, 7) is 0.833. The lowest BCUT2D eigenvalue weighted by Crippen LogP contribution is -2.57. The summed E-state index contributed by atoms with van der Waals surface area (Å²) < 4.78 is 4.59. The van der Waals surface area contributed by atoms with Crippen LogP contribution in [0.3, 0.4) is 0 Å². The molecule has 124 valence electrons. The monoisotopic (exact) mass is 340 g/mol. The second-order valence-electron chi connectivity index (χ2n) is 4.95. The van der Waals surface area contributed by atoms with Crippen LogP contribution in [0.25, 0.3) is 0 Å². The van der Waals surface area contributed by atoms with Crippen molar-refractivity contribution >= 4 is 35.1 Å². The minimum Gasteiger partial charge on any atom is -0.469 e. The molecule has 2 N–H and O–H groups in total. The van der Waals surface area contributed by atoms with E-state index in [4.69, 9.17) is 11.6 Å². The van der Waals surface area contributed by atoms with E-state index in [9.17, 15) is 14.4 Å². The average Bonchev–Trinajstić information content (AvgIpc) is 2.52. The molecule has 1 aliphatic heterocycles. The average molecular weight is 341 g/mol. The Hall–Kier alpha value is -2.19. The van der Waals surface area contributed by atoms with Crippen LogP contribution >= 0.6 is 11.6 Å². The van der Waals surface area contributed by atoms with Crippen molar-refractivity contribution in [2.75, 3.05) is 32.1 Å². The normalized spacial score (nSPS) is 18.2. The third-order valence-corrected chi connectivity index (χ3v) is 3.71. The van der Waals surface area contributed by atoms with Crippen molar-refractivity contribution < 1.29 is 19.1 Å². The Morgan fingerprint density at radius 3 is 3.04 bits per heavy atom. The van der Waals surface area contributed by atoms with Crippen molar-refractivity contribution in [3.8, 4) is 0 Å². The summed E-state index contributed by atoms with van der Waals surface area (Å²) in [7, 11) is 1.25. The lowest BCUT2D eigenvalue weighted by atomic mass is 10.1. The van der Waals surface area contributed by atoms with Crippen LogP contribution in [0.2, 0.25) is 5.15 Å². The number of carbonyl (C=O) groups excluding carboxylic acids is 3. The Labute approximate surface area is 138 Å². The van der Waals surface area contributed by atoms with Gasteiger partial charge in [0.2, 0.25) is 11.8 Å². The van der Waals surface area contributed by atoms with Crippen LogP contribution in [0.1, 0.15) is 6.42 Å². The minimum absolute atomic E-state index is 0.0414. The topological polar surface area (TPSA) is 101 Å². The first-order valence-corrected chi connectivity index (χ1v) is 7.38. The fraction of sp³-hybridized carbons (Fsp3) is 0.429. The number of halogens is 1. The lowest BCUT2D eigenvalue weighted by Gasteiger charge is -2.33. The molecule has 0 spiro atoms. The van der Waals surface area contributed by atoms with Crippen LogP contribution in [0.5, 0.6) is 0 Å². The third-order valence-electron chi connectivity index (χ3n) is 3.41. The number of hydrogen-bond acceptors (Lipinski definition) is 6. The molecule has 0 bridgehead atoms. The standard InChI is InChI=1S/C14H17ClN4O4/c1-23-12(21)7-10-14(22)17-5-6-19(10)8-11(20)18-9-3-2-4-16-13(9)15/h2-4,10H,5-8H2,1H3,(H,17,22)(H,18,20)/t10-/m1/s1. The molecule has 1 aromatic rings. The zero-order valence-corrected chi connectivity index (χ0v) is 13.3. The van der Waals surface area contributed by atoms with Gasteiger partial charge in [-0.05, 0) is 12.1 Å². The van der Waals surface area contributed by atoms with Crippen LogP contribution in [0.4, 0.5) is 5.69 Å². The molecule has 0 aromatic carbocycles. The second kappa shape index (κ2) is 7.89. The van der Waals surface area contributed by atoms with E-state index in [1.54, 1.807) is 17.0 Å². The molecular weight excluding hydrogens is 324 g/mol. The van der Waals surface area contributed by atoms with E-state index in [1.807, 2.05) is 0 Å². The minimum atomic E-state index is -0.730. The van der Waals surface area contributed by atoms with E-state index in [-0.39, 0.29) is 29.9 Å². The van der Waals surface area contributed by atoms with Crippen LogP contribution < -0.4 is 10.6 Å². The summed E-state index contributed by atoms with van der Waals surface area (Å²) in [6.07, 6.45) is 1.41. The number of methoxy groups -OCH3 is 1. The number of piperazine rings is 1. The van der Waals surface area contributed by atoms with Gasteiger partial charge in [-0.2, -0.15) is 0 Å². The number of esters is 1. The second-order valence-corrected chi connectivity index (χ2v) is 5.31. The zero-order chi connectivity index (χ0) is 16.8. The van der Waals surface area contributed by atoms with Gasteiger partial charge in [0, 0.05) is 19.3 Å². The van der Waals surface area contributed by atoms with Crippen molar-refractivity contribution in [1.29, 1.82) is 0 Å².